The first-order chi connectivity index (χ1) is 10.1. The van der Waals surface area contributed by atoms with E-state index in [4.69, 9.17) is 0 Å². The number of hydrogen-bond acceptors (Lipinski definition) is 0. The molecule has 0 bridgehead atoms. The topological polar surface area (TPSA) is 0 Å². The number of hydrogen-bond donors (Lipinski definition) is 0. The van der Waals surface area contributed by atoms with Crippen molar-refractivity contribution in [3.05, 3.63) is 89.5 Å². The molecule has 108 valence electrons. The third kappa shape index (κ3) is 3.95. The Labute approximate surface area is 128 Å². The van der Waals surface area contributed by atoms with Crippen molar-refractivity contribution in [1.29, 1.82) is 0 Å². The molecule has 0 radical (unpaired) electrons. The van der Waals surface area contributed by atoms with Crippen molar-refractivity contribution >= 4 is 5.57 Å². The van der Waals surface area contributed by atoms with Crippen LogP contribution in [0.4, 0.5) is 0 Å². The highest BCUT2D eigenvalue weighted by Crippen LogP contribution is 2.23. The molecule has 0 aliphatic carbocycles. The SMILES string of the molecule is C=C(/C(C)=C\Cc1ccccc1C(C)C)c1ccccc1. The van der Waals surface area contributed by atoms with Gasteiger partial charge in [-0.15, -0.1) is 0 Å². The van der Waals surface area contributed by atoms with E-state index in [1.165, 1.54) is 22.3 Å². The molecular formula is C21H24. The number of allylic oxidation sites excluding steroid dienone is 3. The molecule has 21 heavy (non-hydrogen) atoms. The summed E-state index contributed by atoms with van der Waals surface area (Å²) >= 11 is 0. The molecule has 0 saturated carbocycles. The minimum absolute atomic E-state index is 0.562. The second-order valence-corrected chi connectivity index (χ2v) is 5.79. The summed E-state index contributed by atoms with van der Waals surface area (Å²) in [5.41, 5.74) is 6.40. The second-order valence-electron chi connectivity index (χ2n) is 5.79. The van der Waals surface area contributed by atoms with Crippen molar-refractivity contribution in [3.8, 4) is 0 Å². The molecule has 0 N–H and O–H groups in total. The van der Waals surface area contributed by atoms with Gasteiger partial charge in [-0.2, -0.15) is 0 Å². The Morgan fingerprint density at radius 2 is 1.62 bits per heavy atom. The van der Waals surface area contributed by atoms with Gasteiger partial charge in [-0.05, 0) is 47.1 Å². The minimum Gasteiger partial charge on any atom is -0.0909 e. The molecule has 0 fully saturated rings. The lowest BCUT2D eigenvalue weighted by Gasteiger charge is -2.12. The highest BCUT2D eigenvalue weighted by atomic mass is 14.1. The van der Waals surface area contributed by atoms with Gasteiger partial charge in [0.05, 0.1) is 0 Å². The van der Waals surface area contributed by atoms with Gasteiger partial charge in [0.2, 0.25) is 0 Å². The maximum Gasteiger partial charge on any atom is -0.00887 e. The van der Waals surface area contributed by atoms with Gasteiger partial charge in [0.1, 0.15) is 0 Å². The lowest BCUT2D eigenvalue weighted by molar-refractivity contribution is 0.850. The maximum atomic E-state index is 4.23. The van der Waals surface area contributed by atoms with Crippen LogP contribution in [0.2, 0.25) is 0 Å². The van der Waals surface area contributed by atoms with Crippen LogP contribution in [-0.4, -0.2) is 0 Å². The molecule has 2 rings (SSSR count). The van der Waals surface area contributed by atoms with Crippen LogP contribution >= 0.6 is 0 Å². The fraction of sp³-hybridized carbons (Fsp3) is 0.238. The summed E-state index contributed by atoms with van der Waals surface area (Å²) in [6.07, 6.45) is 3.25. The van der Waals surface area contributed by atoms with Gasteiger partial charge in [-0.25, -0.2) is 0 Å². The second kappa shape index (κ2) is 7.08. The molecule has 0 heteroatoms. The van der Waals surface area contributed by atoms with Crippen LogP contribution in [-0.2, 0) is 6.42 Å². The standard InChI is InChI=1S/C21H24/c1-16(2)21-13-9-8-12-20(21)15-14-17(3)18(4)19-10-6-5-7-11-19/h5-14,16H,4,15H2,1-3H3/b17-14-. The van der Waals surface area contributed by atoms with E-state index in [-0.39, 0.29) is 0 Å². The van der Waals surface area contributed by atoms with Crippen molar-refractivity contribution in [2.45, 2.75) is 33.1 Å². The molecule has 0 spiro atoms. The Morgan fingerprint density at radius 3 is 2.29 bits per heavy atom. The van der Waals surface area contributed by atoms with Crippen molar-refractivity contribution in [2.75, 3.05) is 0 Å². The molecule has 0 heterocycles. The lowest BCUT2D eigenvalue weighted by atomic mass is 9.93. The summed E-state index contributed by atoms with van der Waals surface area (Å²) in [5.74, 6) is 0.562. The first-order valence-electron chi connectivity index (χ1n) is 7.59. The third-order valence-electron chi connectivity index (χ3n) is 3.90. The van der Waals surface area contributed by atoms with Gasteiger partial charge in [-0.3, -0.25) is 0 Å². The zero-order valence-corrected chi connectivity index (χ0v) is 13.3. The van der Waals surface area contributed by atoms with Crippen molar-refractivity contribution in [1.82, 2.24) is 0 Å². The van der Waals surface area contributed by atoms with E-state index >= 15 is 0 Å². The monoisotopic (exact) mass is 276 g/mol. The van der Waals surface area contributed by atoms with E-state index in [1.54, 1.807) is 0 Å². The Bertz CT molecular complexity index is 630. The highest BCUT2D eigenvalue weighted by Gasteiger charge is 2.05. The summed E-state index contributed by atoms with van der Waals surface area (Å²) in [4.78, 5) is 0. The fourth-order valence-electron chi connectivity index (χ4n) is 2.54. The number of benzene rings is 2. The molecule has 0 amide bonds. The Hall–Kier alpha value is -2.08. The molecule has 0 nitrogen and oxygen atoms in total. The predicted octanol–water partition coefficient (Wildman–Crippen LogP) is 6.01. The molecule has 0 aliphatic rings. The van der Waals surface area contributed by atoms with Gasteiger partial charge < -0.3 is 0 Å². The van der Waals surface area contributed by atoms with E-state index in [9.17, 15) is 0 Å². The number of rotatable bonds is 5. The predicted molar refractivity (Wildman–Crippen MR) is 93.5 cm³/mol. The summed E-state index contributed by atoms with van der Waals surface area (Å²) in [6.45, 7) is 10.9. The molecule has 2 aromatic rings. The van der Waals surface area contributed by atoms with E-state index in [2.05, 4.69) is 82.0 Å². The van der Waals surface area contributed by atoms with Crippen LogP contribution in [0.15, 0.2) is 72.8 Å². The van der Waals surface area contributed by atoms with Gasteiger partial charge in [-0.1, -0.05) is 81.1 Å². The quantitative estimate of drug-likeness (QED) is 0.586. The lowest BCUT2D eigenvalue weighted by Crippen LogP contribution is -1.95. The fourth-order valence-corrected chi connectivity index (χ4v) is 2.54. The average Bonchev–Trinajstić information content (AvgIpc) is 2.52. The molecule has 0 aromatic heterocycles. The Balaban J connectivity index is 2.16. The summed E-state index contributed by atoms with van der Waals surface area (Å²) in [7, 11) is 0. The molecule has 0 aliphatic heterocycles. The van der Waals surface area contributed by atoms with Crippen LogP contribution in [0.1, 0.15) is 43.4 Å². The zero-order valence-electron chi connectivity index (χ0n) is 13.3. The Morgan fingerprint density at radius 1 is 1.00 bits per heavy atom. The first-order valence-corrected chi connectivity index (χ1v) is 7.59. The normalized spacial score (nSPS) is 11.7. The van der Waals surface area contributed by atoms with E-state index < -0.39 is 0 Å². The molecule has 0 unspecified atom stereocenters. The van der Waals surface area contributed by atoms with Gasteiger partial charge >= 0.3 is 0 Å². The summed E-state index contributed by atoms with van der Waals surface area (Å²) < 4.78 is 0. The van der Waals surface area contributed by atoms with Gasteiger partial charge in [0, 0.05) is 0 Å². The average molecular weight is 276 g/mol. The summed E-state index contributed by atoms with van der Waals surface area (Å²) in [6, 6.07) is 19.1. The van der Waals surface area contributed by atoms with Crippen molar-refractivity contribution < 1.29 is 0 Å². The minimum atomic E-state index is 0.562. The van der Waals surface area contributed by atoms with E-state index in [1.807, 2.05) is 6.07 Å². The van der Waals surface area contributed by atoms with Crippen LogP contribution in [0.3, 0.4) is 0 Å². The molecule has 2 aromatic carbocycles. The molecule has 0 atom stereocenters. The third-order valence-corrected chi connectivity index (χ3v) is 3.90. The maximum absolute atomic E-state index is 4.23. The first kappa shape index (κ1) is 15.3. The van der Waals surface area contributed by atoms with Gasteiger partial charge in [0.15, 0.2) is 0 Å². The molecule has 0 saturated heterocycles. The zero-order chi connectivity index (χ0) is 15.2. The highest BCUT2D eigenvalue weighted by molar-refractivity contribution is 5.76. The van der Waals surface area contributed by atoms with Crippen LogP contribution < -0.4 is 0 Å². The molecular weight excluding hydrogens is 252 g/mol. The largest absolute Gasteiger partial charge is 0.0909 e. The smallest absolute Gasteiger partial charge is 0.00887 e. The van der Waals surface area contributed by atoms with E-state index in [0.29, 0.717) is 5.92 Å². The van der Waals surface area contributed by atoms with Gasteiger partial charge in [0.25, 0.3) is 0 Å². The van der Waals surface area contributed by atoms with Crippen LogP contribution in [0.5, 0.6) is 0 Å². The Kier molecular flexibility index (Phi) is 5.16. The van der Waals surface area contributed by atoms with Crippen LogP contribution in [0.25, 0.3) is 5.57 Å². The van der Waals surface area contributed by atoms with Crippen molar-refractivity contribution in [3.63, 3.8) is 0 Å². The van der Waals surface area contributed by atoms with Crippen molar-refractivity contribution in [2.24, 2.45) is 0 Å². The van der Waals surface area contributed by atoms with E-state index in [0.717, 1.165) is 12.0 Å². The van der Waals surface area contributed by atoms with Crippen LogP contribution in [0, 0.1) is 0 Å². The summed E-state index contributed by atoms with van der Waals surface area (Å²) in [5, 5.41) is 0.